The Morgan fingerprint density at radius 2 is 1.83 bits per heavy atom. The third-order valence-corrected chi connectivity index (χ3v) is 5.89. The number of aliphatic hydroxyl groups excluding tert-OH is 1. The zero-order valence-electron chi connectivity index (χ0n) is 15.0. The summed E-state index contributed by atoms with van der Waals surface area (Å²) in [6, 6.07) is 8.33. The van der Waals surface area contributed by atoms with Crippen molar-refractivity contribution in [2.24, 2.45) is 5.41 Å². The van der Waals surface area contributed by atoms with Gasteiger partial charge in [0.1, 0.15) is 0 Å². The minimum absolute atomic E-state index is 0.0387. The van der Waals surface area contributed by atoms with E-state index in [0.717, 1.165) is 44.3 Å². The number of carbonyl (C=O) groups excluding carboxylic acids is 1. The lowest BCUT2D eigenvalue weighted by molar-refractivity contribution is -0.128. The number of nitrogens with zero attached hydrogens (tertiary/aromatic N) is 1. The molecule has 1 saturated heterocycles. The number of amides is 1. The Balaban J connectivity index is 1.75. The van der Waals surface area contributed by atoms with Gasteiger partial charge >= 0.3 is 0 Å². The Hall–Kier alpha value is -1.39. The van der Waals surface area contributed by atoms with E-state index >= 15 is 0 Å². The van der Waals surface area contributed by atoms with E-state index in [4.69, 9.17) is 4.74 Å². The van der Waals surface area contributed by atoms with Gasteiger partial charge < -0.3 is 14.7 Å². The van der Waals surface area contributed by atoms with Crippen molar-refractivity contribution >= 4 is 11.6 Å². The van der Waals surface area contributed by atoms with Gasteiger partial charge in [0.15, 0.2) is 0 Å². The van der Waals surface area contributed by atoms with Crippen LogP contribution in [0.2, 0.25) is 0 Å². The molecule has 3 rings (SSSR count). The Morgan fingerprint density at radius 3 is 2.42 bits per heavy atom. The molecule has 0 aromatic heterocycles. The van der Waals surface area contributed by atoms with Crippen molar-refractivity contribution in [2.75, 3.05) is 25.2 Å². The first-order valence-corrected chi connectivity index (χ1v) is 8.97. The lowest BCUT2D eigenvalue weighted by atomic mass is 9.72. The van der Waals surface area contributed by atoms with Gasteiger partial charge in [-0.25, -0.2) is 0 Å². The van der Waals surface area contributed by atoms with Gasteiger partial charge in [-0.3, -0.25) is 4.79 Å². The summed E-state index contributed by atoms with van der Waals surface area (Å²) in [5.41, 5.74) is 1.94. The molecule has 2 aliphatic rings. The van der Waals surface area contributed by atoms with Gasteiger partial charge in [0.05, 0.1) is 18.1 Å². The van der Waals surface area contributed by atoms with Crippen molar-refractivity contribution in [3.8, 4) is 0 Å². The largest absolute Gasteiger partial charge is 0.393 e. The van der Waals surface area contributed by atoms with E-state index in [2.05, 4.69) is 38.1 Å². The summed E-state index contributed by atoms with van der Waals surface area (Å²) >= 11 is 0. The lowest BCUT2D eigenvalue weighted by Gasteiger charge is -2.34. The Bertz CT molecular complexity index is 585. The number of benzene rings is 1. The fourth-order valence-corrected chi connectivity index (χ4v) is 4.22. The zero-order valence-corrected chi connectivity index (χ0v) is 15.0. The average Bonchev–Trinajstić information content (AvgIpc) is 2.87. The van der Waals surface area contributed by atoms with Gasteiger partial charge in [0.2, 0.25) is 5.91 Å². The third kappa shape index (κ3) is 3.09. The molecule has 24 heavy (non-hydrogen) atoms. The van der Waals surface area contributed by atoms with Crippen molar-refractivity contribution in [2.45, 2.75) is 57.5 Å². The SMILES string of the molecule is COCC(C)(C)c1ccc(N2CCC3(CCC(O)CC3)C2=O)cc1. The van der Waals surface area contributed by atoms with Crippen LogP contribution in [0.15, 0.2) is 24.3 Å². The van der Waals surface area contributed by atoms with E-state index in [1.165, 1.54) is 5.56 Å². The first-order valence-electron chi connectivity index (χ1n) is 8.97. The van der Waals surface area contributed by atoms with Crippen LogP contribution in [0.3, 0.4) is 0 Å². The van der Waals surface area contributed by atoms with E-state index in [1.54, 1.807) is 7.11 Å². The molecule has 132 valence electrons. The van der Waals surface area contributed by atoms with Crippen LogP contribution in [-0.2, 0) is 14.9 Å². The predicted molar refractivity (Wildman–Crippen MR) is 95.2 cm³/mol. The number of hydrogen-bond acceptors (Lipinski definition) is 3. The molecule has 1 saturated carbocycles. The van der Waals surface area contributed by atoms with Gasteiger partial charge in [0, 0.05) is 24.8 Å². The van der Waals surface area contributed by atoms with E-state index < -0.39 is 0 Å². The molecule has 2 fully saturated rings. The second kappa shape index (κ2) is 6.49. The molecule has 4 nitrogen and oxygen atoms in total. The smallest absolute Gasteiger partial charge is 0.233 e. The first kappa shape index (κ1) is 17.4. The minimum atomic E-state index is -0.229. The molecule has 0 radical (unpaired) electrons. The van der Waals surface area contributed by atoms with Crippen LogP contribution in [0, 0.1) is 5.41 Å². The van der Waals surface area contributed by atoms with Gasteiger partial charge in [-0.15, -0.1) is 0 Å². The average molecular weight is 331 g/mol. The molecular formula is C20H29NO3. The van der Waals surface area contributed by atoms with Crippen LogP contribution >= 0.6 is 0 Å². The third-order valence-electron chi connectivity index (χ3n) is 5.89. The summed E-state index contributed by atoms with van der Waals surface area (Å²) in [6.45, 7) is 5.78. The maximum Gasteiger partial charge on any atom is 0.233 e. The molecule has 1 spiro atoms. The summed E-state index contributed by atoms with van der Waals surface area (Å²) in [6.07, 6.45) is 3.84. The molecule has 1 aromatic carbocycles. The molecular weight excluding hydrogens is 302 g/mol. The highest BCUT2D eigenvalue weighted by atomic mass is 16.5. The first-order chi connectivity index (χ1) is 11.4. The van der Waals surface area contributed by atoms with Crippen molar-refractivity contribution in [1.82, 2.24) is 0 Å². The highest BCUT2D eigenvalue weighted by Gasteiger charge is 2.48. The molecule has 0 unspecified atom stereocenters. The summed E-state index contributed by atoms with van der Waals surface area (Å²) in [5.74, 6) is 0.248. The van der Waals surface area contributed by atoms with Crippen LogP contribution < -0.4 is 4.90 Å². The van der Waals surface area contributed by atoms with Crippen molar-refractivity contribution < 1.29 is 14.6 Å². The number of ether oxygens (including phenoxy) is 1. The van der Waals surface area contributed by atoms with E-state index in [1.807, 2.05) is 4.90 Å². The van der Waals surface area contributed by atoms with Gasteiger partial charge in [-0.2, -0.15) is 0 Å². The van der Waals surface area contributed by atoms with E-state index in [0.29, 0.717) is 6.61 Å². The Labute approximate surface area is 144 Å². The highest BCUT2D eigenvalue weighted by Crippen LogP contribution is 2.46. The molecule has 1 amide bonds. The normalized spacial score (nSPS) is 27.9. The quantitative estimate of drug-likeness (QED) is 0.921. The number of carbonyl (C=O) groups is 1. The van der Waals surface area contributed by atoms with E-state index in [9.17, 15) is 9.90 Å². The number of aliphatic hydroxyl groups is 1. The van der Waals surface area contributed by atoms with Gasteiger partial charge in [-0.05, 0) is 49.8 Å². The molecule has 1 aromatic rings. The lowest BCUT2D eigenvalue weighted by Crippen LogP contribution is -2.38. The standard InChI is InChI=1S/C20H29NO3/c1-19(2,14-24-3)15-4-6-16(7-5-15)21-13-12-20(18(21)23)10-8-17(22)9-11-20/h4-7,17,22H,8-14H2,1-3H3. The predicted octanol–water partition coefficient (Wildman–Crippen LogP) is 3.27. The number of anilines is 1. The zero-order chi connectivity index (χ0) is 17.4. The summed E-state index contributed by atoms with van der Waals surface area (Å²) in [5, 5.41) is 9.74. The fraction of sp³-hybridized carbons (Fsp3) is 0.650. The Kier molecular flexibility index (Phi) is 4.71. The van der Waals surface area contributed by atoms with Crippen LogP contribution in [0.5, 0.6) is 0 Å². The molecule has 1 aliphatic carbocycles. The van der Waals surface area contributed by atoms with Gasteiger partial charge in [0.25, 0.3) is 0 Å². The van der Waals surface area contributed by atoms with Crippen LogP contribution in [0.1, 0.15) is 51.5 Å². The molecule has 1 aliphatic heterocycles. The molecule has 4 heteroatoms. The molecule has 1 heterocycles. The van der Waals surface area contributed by atoms with Crippen molar-refractivity contribution in [1.29, 1.82) is 0 Å². The number of hydrogen-bond donors (Lipinski definition) is 1. The van der Waals surface area contributed by atoms with Crippen molar-refractivity contribution in [3.63, 3.8) is 0 Å². The molecule has 0 bridgehead atoms. The van der Waals surface area contributed by atoms with E-state index in [-0.39, 0.29) is 22.8 Å². The topological polar surface area (TPSA) is 49.8 Å². The van der Waals surface area contributed by atoms with Crippen molar-refractivity contribution in [3.05, 3.63) is 29.8 Å². The number of methoxy groups -OCH3 is 1. The highest BCUT2D eigenvalue weighted by molar-refractivity contribution is 6.00. The second-order valence-corrected chi connectivity index (χ2v) is 8.08. The monoisotopic (exact) mass is 331 g/mol. The molecule has 1 N–H and O–H groups in total. The minimum Gasteiger partial charge on any atom is -0.393 e. The fourth-order valence-electron chi connectivity index (χ4n) is 4.22. The van der Waals surface area contributed by atoms with Crippen LogP contribution in [0.25, 0.3) is 0 Å². The number of rotatable bonds is 4. The summed E-state index contributed by atoms with van der Waals surface area (Å²) < 4.78 is 5.31. The van der Waals surface area contributed by atoms with Gasteiger partial charge in [-0.1, -0.05) is 26.0 Å². The summed E-state index contributed by atoms with van der Waals surface area (Å²) in [4.78, 5) is 14.9. The van der Waals surface area contributed by atoms with Crippen LogP contribution in [-0.4, -0.2) is 37.4 Å². The summed E-state index contributed by atoms with van der Waals surface area (Å²) in [7, 11) is 1.72. The Morgan fingerprint density at radius 1 is 1.21 bits per heavy atom. The van der Waals surface area contributed by atoms with Crippen LogP contribution in [0.4, 0.5) is 5.69 Å². The second-order valence-electron chi connectivity index (χ2n) is 8.08. The maximum atomic E-state index is 13.0. The maximum absolute atomic E-state index is 13.0. The molecule has 0 atom stereocenters.